The quantitative estimate of drug-likeness (QED) is 0.840. The molecule has 0 radical (unpaired) electrons. The standard InChI is InChI=1S/C22H24N6O/c1-27-22-19(20(26-27)15-4-2-3-5-15)18(17(12-23)21(24)29-22)14-6-8-16(9-7-14)28-11-10-25-13-28/h6-11,13,15,18,20,26H,2-5,24H2,1H3. The third-order valence-corrected chi connectivity index (χ3v) is 6.31. The van der Waals surface area contributed by atoms with E-state index in [2.05, 4.69) is 40.7 Å². The van der Waals surface area contributed by atoms with Crippen LogP contribution in [0.1, 0.15) is 37.2 Å². The molecule has 2 unspecified atom stereocenters. The van der Waals surface area contributed by atoms with Gasteiger partial charge in [-0.1, -0.05) is 25.0 Å². The zero-order valence-electron chi connectivity index (χ0n) is 16.4. The van der Waals surface area contributed by atoms with Gasteiger partial charge in [-0.25, -0.2) is 10.4 Å². The Morgan fingerprint density at radius 1 is 1.24 bits per heavy atom. The third-order valence-electron chi connectivity index (χ3n) is 6.31. The minimum atomic E-state index is -0.205. The lowest BCUT2D eigenvalue weighted by Crippen LogP contribution is -2.39. The Kier molecular flexibility index (Phi) is 4.29. The first-order chi connectivity index (χ1) is 14.2. The van der Waals surface area contributed by atoms with Gasteiger partial charge in [-0.15, -0.1) is 0 Å². The third kappa shape index (κ3) is 2.88. The average molecular weight is 388 g/mol. The van der Waals surface area contributed by atoms with Gasteiger partial charge in [-0.3, -0.25) is 5.01 Å². The summed E-state index contributed by atoms with van der Waals surface area (Å²) in [6, 6.07) is 10.7. The van der Waals surface area contributed by atoms with Gasteiger partial charge >= 0.3 is 0 Å². The molecule has 7 nitrogen and oxygen atoms in total. The highest BCUT2D eigenvalue weighted by Crippen LogP contribution is 2.47. The molecule has 0 saturated heterocycles. The summed E-state index contributed by atoms with van der Waals surface area (Å²) in [5, 5.41) is 11.8. The SMILES string of the molecule is CN1NC(C2CCCC2)C2=C1OC(N)=C(C#N)C2c1ccc(-n2ccnc2)cc1. The number of nitrogens with two attached hydrogens (primary N) is 1. The number of hydrogen-bond donors (Lipinski definition) is 2. The van der Waals surface area contributed by atoms with Crippen LogP contribution < -0.4 is 11.2 Å². The van der Waals surface area contributed by atoms with E-state index in [0.29, 0.717) is 11.5 Å². The number of ether oxygens (including phenoxy) is 1. The summed E-state index contributed by atoms with van der Waals surface area (Å²) in [5.74, 6) is 1.27. The molecule has 29 heavy (non-hydrogen) atoms. The van der Waals surface area contributed by atoms with Gasteiger partial charge in [-0.2, -0.15) is 5.26 Å². The Hall–Kier alpha value is -3.24. The molecule has 1 saturated carbocycles. The Bertz CT molecular complexity index is 1010. The predicted molar refractivity (Wildman–Crippen MR) is 108 cm³/mol. The Morgan fingerprint density at radius 2 is 2.00 bits per heavy atom. The molecule has 0 spiro atoms. The Morgan fingerprint density at radius 3 is 2.66 bits per heavy atom. The number of benzene rings is 1. The molecule has 0 bridgehead atoms. The summed E-state index contributed by atoms with van der Waals surface area (Å²) < 4.78 is 7.87. The van der Waals surface area contributed by atoms with E-state index in [4.69, 9.17) is 10.5 Å². The maximum absolute atomic E-state index is 9.90. The molecule has 1 aromatic heterocycles. The van der Waals surface area contributed by atoms with E-state index >= 15 is 0 Å². The van der Waals surface area contributed by atoms with Crippen LogP contribution in [0.15, 0.2) is 65.9 Å². The maximum Gasteiger partial charge on any atom is 0.213 e. The first-order valence-electron chi connectivity index (χ1n) is 10.1. The second kappa shape index (κ2) is 6.98. The lowest BCUT2D eigenvalue weighted by atomic mass is 9.77. The molecule has 3 aliphatic rings. The van der Waals surface area contributed by atoms with Gasteiger partial charge in [0.15, 0.2) is 0 Å². The summed E-state index contributed by atoms with van der Waals surface area (Å²) in [6.45, 7) is 0. The summed E-state index contributed by atoms with van der Waals surface area (Å²) in [7, 11) is 1.95. The van der Waals surface area contributed by atoms with Gasteiger partial charge in [0.25, 0.3) is 0 Å². The van der Waals surface area contributed by atoms with E-state index in [9.17, 15) is 5.26 Å². The molecular weight excluding hydrogens is 364 g/mol. The van der Waals surface area contributed by atoms with Gasteiger partial charge in [0, 0.05) is 30.7 Å². The molecule has 5 rings (SSSR count). The lowest BCUT2D eigenvalue weighted by molar-refractivity contribution is 0.148. The van der Waals surface area contributed by atoms with Crippen molar-refractivity contribution >= 4 is 0 Å². The van der Waals surface area contributed by atoms with Crippen molar-refractivity contribution in [3.05, 3.63) is 71.5 Å². The summed E-state index contributed by atoms with van der Waals surface area (Å²) >= 11 is 0. The molecule has 2 aromatic rings. The van der Waals surface area contributed by atoms with Crippen molar-refractivity contribution in [2.75, 3.05) is 7.05 Å². The number of rotatable bonds is 3. The maximum atomic E-state index is 9.90. The lowest BCUT2D eigenvalue weighted by Gasteiger charge is -2.29. The fraction of sp³-hybridized carbons (Fsp3) is 0.364. The van der Waals surface area contributed by atoms with Crippen molar-refractivity contribution in [3.8, 4) is 11.8 Å². The van der Waals surface area contributed by atoms with Gasteiger partial charge in [-0.05, 0) is 36.5 Å². The van der Waals surface area contributed by atoms with Crippen molar-refractivity contribution < 1.29 is 4.74 Å². The summed E-state index contributed by atoms with van der Waals surface area (Å²) in [4.78, 5) is 4.11. The van der Waals surface area contributed by atoms with E-state index in [0.717, 1.165) is 22.7 Å². The number of hydrogen-bond acceptors (Lipinski definition) is 6. The fourth-order valence-corrected chi connectivity index (χ4v) is 4.92. The number of nitrogens with one attached hydrogen (secondary N) is 1. The molecule has 2 atom stereocenters. The minimum absolute atomic E-state index is 0.160. The highest BCUT2D eigenvalue weighted by Gasteiger charge is 2.45. The van der Waals surface area contributed by atoms with Gasteiger partial charge in [0.2, 0.25) is 11.8 Å². The highest BCUT2D eigenvalue weighted by molar-refractivity contribution is 5.52. The number of imidazole rings is 1. The normalized spacial score (nSPS) is 24.6. The minimum Gasteiger partial charge on any atom is -0.423 e. The van der Waals surface area contributed by atoms with Gasteiger partial charge in [0.05, 0.1) is 18.3 Å². The van der Waals surface area contributed by atoms with Crippen molar-refractivity contribution in [1.82, 2.24) is 20.0 Å². The summed E-state index contributed by atoms with van der Waals surface area (Å²) in [6.07, 6.45) is 10.3. The number of allylic oxidation sites excluding steroid dienone is 1. The first kappa shape index (κ1) is 17.8. The fourth-order valence-electron chi connectivity index (χ4n) is 4.92. The van der Waals surface area contributed by atoms with Crippen LogP contribution in [0.25, 0.3) is 5.69 Å². The molecule has 7 heteroatoms. The predicted octanol–water partition coefficient (Wildman–Crippen LogP) is 2.90. The van der Waals surface area contributed by atoms with Crippen LogP contribution in [-0.4, -0.2) is 27.6 Å². The average Bonchev–Trinajstić information content (AvgIpc) is 3.49. The van der Waals surface area contributed by atoms with Crippen LogP contribution in [-0.2, 0) is 4.74 Å². The molecule has 1 fully saturated rings. The number of hydrazine groups is 1. The Balaban J connectivity index is 1.58. The number of nitrogens with zero attached hydrogens (tertiary/aromatic N) is 4. The second-order valence-corrected chi connectivity index (χ2v) is 7.96. The topological polar surface area (TPSA) is 92.1 Å². The van der Waals surface area contributed by atoms with Crippen LogP contribution in [0.4, 0.5) is 0 Å². The van der Waals surface area contributed by atoms with Crippen molar-refractivity contribution in [2.45, 2.75) is 37.6 Å². The van der Waals surface area contributed by atoms with E-state index < -0.39 is 0 Å². The zero-order chi connectivity index (χ0) is 20.0. The molecule has 148 valence electrons. The molecule has 0 amide bonds. The Labute approximate surface area is 170 Å². The number of aromatic nitrogens is 2. The van der Waals surface area contributed by atoms with E-state index in [1.54, 1.807) is 12.5 Å². The van der Waals surface area contributed by atoms with E-state index in [-0.39, 0.29) is 17.8 Å². The van der Waals surface area contributed by atoms with Crippen molar-refractivity contribution in [1.29, 1.82) is 5.26 Å². The molecule has 3 heterocycles. The monoisotopic (exact) mass is 388 g/mol. The van der Waals surface area contributed by atoms with Crippen LogP contribution in [0, 0.1) is 17.2 Å². The van der Waals surface area contributed by atoms with Crippen LogP contribution >= 0.6 is 0 Å². The molecule has 3 N–H and O–H groups in total. The molecule has 2 aliphatic heterocycles. The van der Waals surface area contributed by atoms with Crippen LogP contribution in [0.3, 0.4) is 0 Å². The van der Waals surface area contributed by atoms with Gasteiger partial charge < -0.3 is 15.0 Å². The van der Waals surface area contributed by atoms with E-state index in [1.165, 1.54) is 25.7 Å². The highest BCUT2D eigenvalue weighted by atomic mass is 16.5. The number of nitriles is 1. The van der Waals surface area contributed by atoms with Crippen molar-refractivity contribution in [2.24, 2.45) is 11.7 Å². The summed E-state index contributed by atoms with van der Waals surface area (Å²) in [5.41, 5.74) is 13.4. The first-order valence-corrected chi connectivity index (χ1v) is 10.1. The molecule has 1 aliphatic carbocycles. The smallest absolute Gasteiger partial charge is 0.213 e. The van der Waals surface area contributed by atoms with Crippen LogP contribution in [0.5, 0.6) is 0 Å². The molecular formula is C22H24N6O. The molecule has 1 aromatic carbocycles. The van der Waals surface area contributed by atoms with Crippen molar-refractivity contribution in [3.63, 3.8) is 0 Å². The van der Waals surface area contributed by atoms with E-state index in [1.807, 2.05) is 22.8 Å². The van der Waals surface area contributed by atoms with Gasteiger partial charge in [0.1, 0.15) is 11.6 Å². The largest absolute Gasteiger partial charge is 0.423 e. The zero-order valence-corrected chi connectivity index (χ0v) is 16.4. The van der Waals surface area contributed by atoms with Crippen LogP contribution in [0.2, 0.25) is 0 Å². The second-order valence-electron chi connectivity index (χ2n) is 7.96.